The Bertz CT molecular complexity index is 1460. The number of carbonyl (C=O) groups is 1. The lowest BCUT2D eigenvalue weighted by Gasteiger charge is -2.26. The van der Waals surface area contributed by atoms with E-state index in [0.717, 1.165) is 21.0 Å². The van der Waals surface area contributed by atoms with E-state index in [4.69, 9.17) is 0 Å². The molecule has 0 aliphatic carbocycles. The van der Waals surface area contributed by atoms with E-state index in [9.17, 15) is 21.6 Å². The standard InChI is InChI=1S/C27H33N3O5S2/c1-6-29(7-2)36(32,33)24-15-11-23(12-16-24)28-27(31)19-30(26-17-10-21(4)18-22(26)5)37(34,35)25-13-8-20(3)9-14-25/h8-18H,6-7,19H2,1-5H3,(H,28,31). The van der Waals surface area contributed by atoms with Crippen LogP contribution < -0.4 is 9.62 Å². The largest absolute Gasteiger partial charge is 0.325 e. The predicted octanol–water partition coefficient (Wildman–Crippen LogP) is 4.48. The second-order valence-electron chi connectivity index (χ2n) is 8.78. The molecule has 0 aliphatic rings. The van der Waals surface area contributed by atoms with Gasteiger partial charge in [-0.2, -0.15) is 4.31 Å². The highest BCUT2D eigenvalue weighted by Gasteiger charge is 2.28. The van der Waals surface area contributed by atoms with Crippen molar-refractivity contribution < 1.29 is 21.6 Å². The Balaban J connectivity index is 1.89. The van der Waals surface area contributed by atoms with Gasteiger partial charge < -0.3 is 5.32 Å². The van der Waals surface area contributed by atoms with Crippen molar-refractivity contribution in [2.75, 3.05) is 29.3 Å². The third kappa shape index (κ3) is 6.38. The molecule has 0 fully saturated rings. The predicted molar refractivity (Wildman–Crippen MR) is 147 cm³/mol. The summed E-state index contributed by atoms with van der Waals surface area (Å²) >= 11 is 0. The molecule has 3 aromatic carbocycles. The zero-order valence-corrected chi connectivity index (χ0v) is 23.4. The summed E-state index contributed by atoms with van der Waals surface area (Å²) in [4.78, 5) is 13.2. The van der Waals surface area contributed by atoms with Crippen molar-refractivity contribution in [2.24, 2.45) is 0 Å². The first-order valence-electron chi connectivity index (χ1n) is 12.0. The van der Waals surface area contributed by atoms with Crippen LogP contribution in [0, 0.1) is 20.8 Å². The van der Waals surface area contributed by atoms with Gasteiger partial charge in [-0.3, -0.25) is 9.10 Å². The molecule has 0 saturated heterocycles. The van der Waals surface area contributed by atoms with Crippen LogP contribution in [0.25, 0.3) is 0 Å². The third-order valence-electron chi connectivity index (χ3n) is 6.00. The zero-order chi connectivity index (χ0) is 27.4. The summed E-state index contributed by atoms with van der Waals surface area (Å²) in [6, 6.07) is 17.6. The summed E-state index contributed by atoms with van der Waals surface area (Å²) in [5.74, 6) is -0.560. The third-order valence-corrected chi connectivity index (χ3v) is 9.84. The SMILES string of the molecule is CCN(CC)S(=O)(=O)c1ccc(NC(=O)CN(c2ccc(C)cc2C)S(=O)(=O)c2ccc(C)cc2)cc1. The summed E-state index contributed by atoms with van der Waals surface area (Å²) in [7, 11) is -7.68. The Morgan fingerprint density at radius 1 is 0.730 bits per heavy atom. The molecule has 0 heterocycles. The average Bonchev–Trinajstić information content (AvgIpc) is 2.84. The number of nitrogens with zero attached hydrogens (tertiary/aromatic N) is 2. The van der Waals surface area contributed by atoms with E-state index in [1.54, 1.807) is 45.0 Å². The van der Waals surface area contributed by atoms with Gasteiger partial charge in [-0.05, 0) is 68.8 Å². The van der Waals surface area contributed by atoms with Crippen molar-refractivity contribution in [1.82, 2.24) is 4.31 Å². The highest BCUT2D eigenvalue weighted by Crippen LogP contribution is 2.28. The van der Waals surface area contributed by atoms with Gasteiger partial charge >= 0.3 is 0 Å². The molecule has 0 saturated carbocycles. The monoisotopic (exact) mass is 543 g/mol. The van der Waals surface area contributed by atoms with Crippen LogP contribution in [0.15, 0.2) is 76.5 Å². The molecule has 0 unspecified atom stereocenters. The van der Waals surface area contributed by atoms with Gasteiger partial charge in [-0.1, -0.05) is 49.2 Å². The summed E-state index contributed by atoms with van der Waals surface area (Å²) < 4.78 is 55.1. The molecule has 3 rings (SSSR count). The minimum atomic E-state index is -4.05. The van der Waals surface area contributed by atoms with Crippen LogP contribution in [-0.4, -0.2) is 46.7 Å². The molecule has 1 N–H and O–H groups in total. The summed E-state index contributed by atoms with van der Waals surface area (Å²) in [6.45, 7) is 9.34. The van der Waals surface area contributed by atoms with Crippen LogP contribution in [-0.2, 0) is 24.8 Å². The van der Waals surface area contributed by atoms with E-state index in [0.29, 0.717) is 24.5 Å². The zero-order valence-electron chi connectivity index (χ0n) is 21.7. The summed E-state index contributed by atoms with van der Waals surface area (Å²) in [5.41, 5.74) is 3.37. The van der Waals surface area contributed by atoms with Gasteiger partial charge in [0.15, 0.2) is 0 Å². The lowest BCUT2D eigenvalue weighted by molar-refractivity contribution is -0.114. The highest BCUT2D eigenvalue weighted by atomic mass is 32.2. The van der Waals surface area contributed by atoms with Crippen molar-refractivity contribution >= 4 is 37.3 Å². The number of hydrogen-bond donors (Lipinski definition) is 1. The van der Waals surface area contributed by atoms with Crippen LogP contribution in [0.5, 0.6) is 0 Å². The second-order valence-corrected chi connectivity index (χ2v) is 12.6. The number of benzene rings is 3. The number of aryl methyl sites for hydroxylation is 3. The minimum Gasteiger partial charge on any atom is -0.325 e. The van der Waals surface area contributed by atoms with Crippen LogP contribution in [0.2, 0.25) is 0 Å². The second kappa shape index (κ2) is 11.5. The fraction of sp³-hybridized carbons (Fsp3) is 0.296. The van der Waals surface area contributed by atoms with Crippen LogP contribution >= 0.6 is 0 Å². The smallest absolute Gasteiger partial charge is 0.264 e. The van der Waals surface area contributed by atoms with E-state index in [-0.39, 0.29) is 9.79 Å². The Morgan fingerprint density at radius 3 is 1.78 bits per heavy atom. The normalized spacial score (nSPS) is 11.9. The topological polar surface area (TPSA) is 104 Å². The molecule has 10 heteroatoms. The lowest BCUT2D eigenvalue weighted by atomic mass is 10.1. The van der Waals surface area contributed by atoms with Gasteiger partial charge in [0.2, 0.25) is 15.9 Å². The molecule has 0 radical (unpaired) electrons. The molecule has 37 heavy (non-hydrogen) atoms. The number of anilines is 2. The number of rotatable bonds is 10. The maximum atomic E-state index is 13.6. The average molecular weight is 544 g/mol. The maximum Gasteiger partial charge on any atom is 0.264 e. The highest BCUT2D eigenvalue weighted by molar-refractivity contribution is 7.92. The first kappa shape index (κ1) is 28.4. The molecule has 0 aliphatic heterocycles. The van der Waals surface area contributed by atoms with E-state index < -0.39 is 32.5 Å². The van der Waals surface area contributed by atoms with Gasteiger partial charge in [0.1, 0.15) is 6.54 Å². The Labute approximate surface area is 220 Å². The van der Waals surface area contributed by atoms with Crippen molar-refractivity contribution in [3.8, 4) is 0 Å². The van der Waals surface area contributed by atoms with Gasteiger partial charge in [-0.15, -0.1) is 0 Å². The van der Waals surface area contributed by atoms with Gasteiger partial charge in [0.25, 0.3) is 10.0 Å². The first-order chi connectivity index (χ1) is 17.4. The number of carbonyl (C=O) groups excluding carboxylic acids is 1. The van der Waals surface area contributed by atoms with Crippen LogP contribution in [0.4, 0.5) is 11.4 Å². The lowest BCUT2D eigenvalue weighted by Crippen LogP contribution is -2.38. The van der Waals surface area contributed by atoms with Gasteiger partial charge in [0.05, 0.1) is 15.5 Å². The minimum absolute atomic E-state index is 0.0804. The van der Waals surface area contributed by atoms with E-state index in [1.165, 1.54) is 40.7 Å². The van der Waals surface area contributed by atoms with E-state index in [2.05, 4.69) is 5.32 Å². The van der Waals surface area contributed by atoms with Crippen molar-refractivity contribution in [3.63, 3.8) is 0 Å². The number of amides is 1. The first-order valence-corrected chi connectivity index (χ1v) is 14.8. The molecule has 198 valence electrons. The van der Waals surface area contributed by atoms with Crippen molar-refractivity contribution in [1.29, 1.82) is 0 Å². The molecule has 0 aromatic heterocycles. The fourth-order valence-electron chi connectivity index (χ4n) is 3.98. The van der Waals surface area contributed by atoms with E-state index >= 15 is 0 Å². The van der Waals surface area contributed by atoms with E-state index in [1.807, 2.05) is 19.9 Å². The fourth-order valence-corrected chi connectivity index (χ4v) is 6.92. The van der Waals surface area contributed by atoms with Gasteiger partial charge in [0, 0.05) is 18.8 Å². The molecule has 1 amide bonds. The molecule has 0 atom stereocenters. The number of sulfonamides is 2. The molecule has 3 aromatic rings. The molecular formula is C27H33N3O5S2. The van der Waals surface area contributed by atoms with Crippen LogP contribution in [0.1, 0.15) is 30.5 Å². The number of nitrogens with one attached hydrogen (secondary N) is 1. The molecule has 0 spiro atoms. The molecule has 8 nitrogen and oxygen atoms in total. The van der Waals surface area contributed by atoms with Crippen molar-refractivity contribution in [2.45, 2.75) is 44.4 Å². The Hall–Kier alpha value is -3.21. The van der Waals surface area contributed by atoms with Crippen molar-refractivity contribution in [3.05, 3.63) is 83.4 Å². The van der Waals surface area contributed by atoms with Crippen LogP contribution in [0.3, 0.4) is 0 Å². The molecule has 0 bridgehead atoms. The maximum absolute atomic E-state index is 13.6. The molecular weight excluding hydrogens is 510 g/mol. The number of hydrogen-bond acceptors (Lipinski definition) is 5. The summed E-state index contributed by atoms with van der Waals surface area (Å²) in [6.07, 6.45) is 0. The quantitative estimate of drug-likeness (QED) is 0.406. The summed E-state index contributed by atoms with van der Waals surface area (Å²) in [5, 5.41) is 2.69. The Kier molecular flexibility index (Phi) is 8.78. The van der Waals surface area contributed by atoms with Gasteiger partial charge in [-0.25, -0.2) is 16.8 Å². The Morgan fingerprint density at radius 2 is 1.24 bits per heavy atom.